The molecule has 0 bridgehead atoms. The number of fused-ring (bicyclic) bond motifs is 1. The van der Waals surface area contributed by atoms with E-state index in [2.05, 4.69) is 5.32 Å². The number of ether oxygens (including phenoxy) is 1. The number of nitrogens with one attached hydrogen (secondary N) is 1. The molecule has 0 aliphatic carbocycles. The molecule has 0 aromatic heterocycles. The number of phenolic OH excluding ortho intramolecular Hbond substituents is 1. The molecule has 1 heterocycles. The van der Waals surface area contributed by atoms with Crippen LogP contribution < -0.4 is 5.32 Å². The van der Waals surface area contributed by atoms with Crippen molar-refractivity contribution < 1.29 is 29.3 Å². The lowest BCUT2D eigenvalue weighted by atomic mass is 9.88. The molecule has 0 saturated heterocycles. The first-order valence-electron chi connectivity index (χ1n) is 10.1. The van der Waals surface area contributed by atoms with Crippen molar-refractivity contribution in [3.63, 3.8) is 0 Å². The predicted octanol–water partition coefficient (Wildman–Crippen LogP) is 5.80. The molecule has 0 saturated carbocycles. The van der Waals surface area contributed by atoms with Crippen molar-refractivity contribution in [2.24, 2.45) is 0 Å². The zero-order chi connectivity index (χ0) is 24.8. The molecule has 2 aromatic rings. The van der Waals surface area contributed by atoms with Gasteiger partial charge in [-0.05, 0) is 52.3 Å². The van der Waals surface area contributed by atoms with Gasteiger partial charge >= 0.3 is 11.9 Å². The summed E-state index contributed by atoms with van der Waals surface area (Å²) >= 11 is 12.5. The van der Waals surface area contributed by atoms with Gasteiger partial charge in [-0.25, -0.2) is 9.59 Å². The van der Waals surface area contributed by atoms with Crippen LogP contribution in [0, 0.1) is 0 Å². The second-order valence-corrected chi connectivity index (χ2v) is 9.43. The largest absolute Gasteiger partial charge is 0.507 e. The third kappa shape index (κ3) is 4.70. The number of carbonyl (C=O) groups excluding carboxylic acids is 2. The van der Waals surface area contributed by atoms with Gasteiger partial charge in [-0.1, -0.05) is 29.3 Å². The van der Waals surface area contributed by atoms with Crippen LogP contribution in [0.25, 0.3) is 5.57 Å². The molecule has 1 aliphatic heterocycles. The maximum Gasteiger partial charge on any atom is 0.339 e. The van der Waals surface area contributed by atoms with Gasteiger partial charge in [0.1, 0.15) is 5.75 Å². The van der Waals surface area contributed by atoms with Gasteiger partial charge in [0.15, 0.2) is 5.78 Å². The molecule has 3 N–H and O–H groups in total. The zero-order valence-electron chi connectivity index (χ0n) is 18.7. The molecule has 3 rings (SSSR count). The lowest BCUT2D eigenvalue weighted by Crippen LogP contribution is -2.31. The van der Waals surface area contributed by atoms with Crippen LogP contribution in [0.5, 0.6) is 5.75 Å². The highest BCUT2D eigenvalue weighted by Gasteiger charge is 2.32. The molecule has 0 radical (unpaired) electrons. The fraction of sp³-hybridized carbons (Fsp3) is 0.292. The van der Waals surface area contributed by atoms with Gasteiger partial charge in [0.25, 0.3) is 0 Å². The Labute approximate surface area is 201 Å². The first-order valence-corrected chi connectivity index (χ1v) is 10.8. The first-order chi connectivity index (χ1) is 15.2. The monoisotopic (exact) mass is 491 g/mol. The van der Waals surface area contributed by atoms with E-state index >= 15 is 0 Å². The van der Waals surface area contributed by atoms with Crippen LogP contribution in [0.1, 0.15) is 76.8 Å². The minimum atomic E-state index is -1.55. The highest BCUT2D eigenvalue weighted by Crippen LogP contribution is 2.40. The number of rotatable bonds is 5. The van der Waals surface area contributed by atoms with Crippen molar-refractivity contribution in [1.29, 1.82) is 0 Å². The topological polar surface area (TPSA) is 113 Å². The molecule has 0 spiro atoms. The highest BCUT2D eigenvalue weighted by molar-refractivity contribution is 6.41. The number of esters is 1. The molecular formula is C24H23Cl2NO6. The molecule has 0 atom stereocenters. The van der Waals surface area contributed by atoms with Gasteiger partial charge in [-0.15, -0.1) is 0 Å². The minimum Gasteiger partial charge on any atom is -0.507 e. The molecule has 9 heteroatoms. The fourth-order valence-corrected chi connectivity index (χ4v) is 4.41. The Morgan fingerprint density at radius 1 is 1.06 bits per heavy atom. The normalized spacial score (nSPS) is 14.2. The molecule has 0 amide bonds. The van der Waals surface area contributed by atoms with Crippen molar-refractivity contribution in [2.75, 3.05) is 5.32 Å². The molecular weight excluding hydrogens is 469 g/mol. The van der Waals surface area contributed by atoms with E-state index in [1.54, 1.807) is 13.8 Å². The SMILES string of the molecule is CC1=CC(C)(C)Nc2cc(O)c(C(=O)c3c(Cl)cc(C(=O)OC(C)C)c(Cl)c3C(=O)O)cc21. The standard InChI is InChI=1S/C24H23Cl2NO6/c1-10(2)33-23(32)14-7-15(25)18(19(20(14)26)22(30)31)21(29)13-6-12-11(3)9-24(4,5)27-16(12)8-17(13)28/h6-10,27-28H,1-5H3,(H,30,31). The Morgan fingerprint density at radius 2 is 1.70 bits per heavy atom. The molecule has 2 aromatic carbocycles. The number of hydrogen-bond donors (Lipinski definition) is 3. The van der Waals surface area contributed by atoms with Crippen LogP contribution >= 0.6 is 23.2 Å². The van der Waals surface area contributed by atoms with E-state index in [9.17, 15) is 24.6 Å². The van der Waals surface area contributed by atoms with Crippen molar-refractivity contribution in [3.8, 4) is 5.75 Å². The van der Waals surface area contributed by atoms with E-state index < -0.39 is 40.0 Å². The third-order valence-electron chi connectivity index (χ3n) is 5.06. The van der Waals surface area contributed by atoms with E-state index in [0.29, 0.717) is 11.3 Å². The summed E-state index contributed by atoms with van der Waals surface area (Å²) in [6.07, 6.45) is 1.49. The Morgan fingerprint density at radius 3 is 2.27 bits per heavy atom. The smallest absolute Gasteiger partial charge is 0.339 e. The summed E-state index contributed by atoms with van der Waals surface area (Å²) in [6, 6.07) is 3.97. The Kier molecular flexibility index (Phi) is 6.51. The van der Waals surface area contributed by atoms with Crippen LogP contribution in [0.2, 0.25) is 10.0 Å². The van der Waals surface area contributed by atoms with Crippen LogP contribution in [0.15, 0.2) is 24.3 Å². The van der Waals surface area contributed by atoms with E-state index in [4.69, 9.17) is 27.9 Å². The summed E-state index contributed by atoms with van der Waals surface area (Å²) in [5.41, 5.74) is 0.310. The number of benzene rings is 2. The number of ketones is 1. The lowest BCUT2D eigenvalue weighted by molar-refractivity contribution is 0.0378. The third-order valence-corrected chi connectivity index (χ3v) is 5.75. The number of phenols is 1. The average Bonchev–Trinajstić information content (AvgIpc) is 2.66. The van der Waals surface area contributed by atoms with Crippen LogP contribution in [-0.2, 0) is 4.74 Å². The van der Waals surface area contributed by atoms with Gasteiger partial charge in [-0.3, -0.25) is 4.79 Å². The second kappa shape index (κ2) is 8.72. The van der Waals surface area contributed by atoms with E-state index in [0.717, 1.165) is 11.6 Å². The summed E-state index contributed by atoms with van der Waals surface area (Å²) in [4.78, 5) is 37.8. The number of aromatic carboxylic acids is 1. The maximum absolute atomic E-state index is 13.4. The number of carbonyl (C=O) groups is 3. The van der Waals surface area contributed by atoms with Crippen molar-refractivity contribution in [2.45, 2.75) is 46.3 Å². The van der Waals surface area contributed by atoms with Crippen LogP contribution in [0.3, 0.4) is 0 Å². The van der Waals surface area contributed by atoms with Crippen molar-refractivity contribution in [3.05, 3.63) is 62.1 Å². The van der Waals surface area contributed by atoms with Crippen molar-refractivity contribution in [1.82, 2.24) is 0 Å². The molecule has 174 valence electrons. The molecule has 1 aliphatic rings. The number of hydrogen-bond acceptors (Lipinski definition) is 6. The van der Waals surface area contributed by atoms with Gasteiger partial charge in [0.05, 0.1) is 43.9 Å². The van der Waals surface area contributed by atoms with Crippen LogP contribution in [-0.4, -0.2) is 39.6 Å². The average molecular weight is 492 g/mol. The summed E-state index contributed by atoms with van der Waals surface area (Å²) in [5.74, 6) is -3.63. The van der Waals surface area contributed by atoms with E-state index in [1.165, 1.54) is 12.1 Å². The second-order valence-electron chi connectivity index (χ2n) is 8.65. The number of carboxylic acids is 1. The van der Waals surface area contributed by atoms with Gasteiger partial charge in [-0.2, -0.15) is 0 Å². The predicted molar refractivity (Wildman–Crippen MR) is 127 cm³/mol. The Hall–Kier alpha value is -3.03. The van der Waals surface area contributed by atoms with Gasteiger partial charge in [0, 0.05) is 17.3 Å². The number of allylic oxidation sites excluding steroid dienone is 1. The summed E-state index contributed by atoms with van der Waals surface area (Å²) in [6.45, 7) is 9.03. The quantitative estimate of drug-likeness (QED) is 0.357. The van der Waals surface area contributed by atoms with Crippen molar-refractivity contribution >= 4 is 52.2 Å². The maximum atomic E-state index is 13.4. The minimum absolute atomic E-state index is 0.152. The van der Waals surface area contributed by atoms with Gasteiger partial charge < -0.3 is 20.3 Å². The van der Waals surface area contributed by atoms with Crippen LogP contribution in [0.4, 0.5) is 5.69 Å². The Bertz CT molecular complexity index is 1230. The number of anilines is 1. The summed E-state index contributed by atoms with van der Waals surface area (Å²) in [7, 11) is 0. The summed E-state index contributed by atoms with van der Waals surface area (Å²) < 4.78 is 5.09. The molecule has 7 nitrogen and oxygen atoms in total. The van der Waals surface area contributed by atoms with Gasteiger partial charge in [0.2, 0.25) is 0 Å². The number of halogens is 2. The molecule has 33 heavy (non-hydrogen) atoms. The number of aromatic hydroxyl groups is 1. The van der Waals surface area contributed by atoms with E-state index in [-0.39, 0.29) is 27.4 Å². The zero-order valence-corrected chi connectivity index (χ0v) is 20.2. The summed E-state index contributed by atoms with van der Waals surface area (Å²) in [5, 5.41) is 22.9. The van der Waals surface area contributed by atoms with E-state index in [1.807, 2.05) is 26.8 Å². The Balaban J connectivity index is 2.19. The fourth-order valence-electron chi connectivity index (χ4n) is 3.81. The highest BCUT2D eigenvalue weighted by atomic mass is 35.5. The molecule has 0 unspecified atom stereocenters. The number of carboxylic acid groups (broad SMARTS) is 1. The lowest BCUT2D eigenvalue weighted by Gasteiger charge is -2.31. The molecule has 0 fully saturated rings. The first kappa shape index (κ1) is 24.6.